The van der Waals surface area contributed by atoms with Crippen LogP contribution in [0.1, 0.15) is 71.4 Å². The highest BCUT2D eigenvalue weighted by molar-refractivity contribution is 5.47. The minimum Gasteiger partial charge on any atom is -0.497 e. The molecular weight excluding hydrogens is 428 g/mol. The molecule has 1 saturated heterocycles. The van der Waals surface area contributed by atoms with E-state index in [-0.39, 0.29) is 34.4 Å². The second-order valence-electron chi connectivity index (χ2n) is 12.2. The number of benzene rings is 1. The van der Waals surface area contributed by atoms with Crippen molar-refractivity contribution in [3.05, 3.63) is 34.9 Å². The molecule has 34 heavy (non-hydrogen) atoms. The van der Waals surface area contributed by atoms with E-state index in [2.05, 4.69) is 40.7 Å². The Morgan fingerprint density at radius 2 is 1.88 bits per heavy atom. The minimum absolute atomic E-state index is 0.00330. The van der Waals surface area contributed by atoms with Crippen LogP contribution in [0.2, 0.25) is 0 Å². The van der Waals surface area contributed by atoms with Gasteiger partial charge in [0.2, 0.25) is 0 Å². The molecule has 3 aliphatic rings. The molecule has 1 heterocycles. The number of ether oxygens (including phenoxy) is 3. The zero-order valence-corrected chi connectivity index (χ0v) is 22.3. The molecule has 4 rings (SSSR count). The summed E-state index contributed by atoms with van der Waals surface area (Å²) in [7, 11) is 3.38. The Morgan fingerprint density at radius 3 is 2.53 bits per heavy atom. The predicted octanol–water partition coefficient (Wildman–Crippen LogP) is 5.23. The van der Waals surface area contributed by atoms with E-state index in [1.54, 1.807) is 14.2 Å². The van der Waals surface area contributed by atoms with Gasteiger partial charge < -0.3 is 24.4 Å². The van der Waals surface area contributed by atoms with Gasteiger partial charge in [-0.2, -0.15) is 0 Å². The van der Waals surface area contributed by atoms with Gasteiger partial charge in [0.05, 0.1) is 32.5 Å². The lowest BCUT2D eigenvalue weighted by molar-refractivity contribution is -0.0474. The molecule has 0 unspecified atom stereocenters. The van der Waals surface area contributed by atoms with Crippen LogP contribution < -0.4 is 9.47 Å². The Bertz CT molecular complexity index is 952. The second kappa shape index (κ2) is 8.83. The average molecular weight is 473 g/mol. The van der Waals surface area contributed by atoms with E-state index in [4.69, 9.17) is 14.2 Å². The predicted molar refractivity (Wildman–Crippen MR) is 134 cm³/mol. The summed E-state index contributed by atoms with van der Waals surface area (Å²) >= 11 is 0. The minimum atomic E-state index is -0.420. The molecule has 5 nitrogen and oxygen atoms in total. The lowest BCUT2D eigenvalue weighted by atomic mass is 9.55. The zero-order valence-electron chi connectivity index (χ0n) is 22.3. The molecule has 0 spiro atoms. The van der Waals surface area contributed by atoms with E-state index in [9.17, 15) is 10.2 Å². The number of aliphatic hydroxyl groups excluding tert-OH is 2. The first kappa shape index (κ1) is 25.5. The Hall–Kier alpha value is -1.56. The van der Waals surface area contributed by atoms with E-state index in [0.29, 0.717) is 6.42 Å². The van der Waals surface area contributed by atoms with Crippen molar-refractivity contribution in [2.24, 2.45) is 22.2 Å². The number of epoxide rings is 1. The summed E-state index contributed by atoms with van der Waals surface area (Å²) in [5.74, 6) is 1.92. The van der Waals surface area contributed by atoms with Crippen LogP contribution in [0.3, 0.4) is 0 Å². The zero-order chi connectivity index (χ0) is 25.1. The molecule has 190 valence electrons. The Kier molecular flexibility index (Phi) is 6.63. The molecule has 2 bridgehead atoms. The highest BCUT2D eigenvalue weighted by Gasteiger charge is 2.71. The van der Waals surface area contributed by atoms with E-state index in [1.165, 1.54) is 5.57 Å². The van der Waals surface area contributed by atoms with E-state index >= 15 is 0 Å². The second-order valence-corrected chi connectivity index (χ2v) is 12.2. The first-order valence-electron chi connectivity index (χ1n) is 12.8. The summed E-state index contributed by atoms with van der Waals surface area (Å²) in [5.41, 5.74) is 3.27. The van der Waals surface area contributed by atoms with Crippen LogP contribution >= 0.6 is 0 Å². The first-order valence-corrected chi connectivity index (χ1v) is 12.8. The summed E-state index contributed by atoms with van der Waals surface area (Å²) in [5, 5.41) is 22.2. The topological polar surface area (TPSA) is 71.5 Å². The standard InChI is InChI=1S/C29H44O5/c1-17(9-10-19-13-21(32-7)12-18(2)25(19)33-8)11-20(30)14-28(5)15-22-24(31)26-23(34-26)16-29(28,6)27(22,3)4/h9,12-13,20,22-24,26,30-31H,10-11,14-16H2,1-8H3/b17-9+/t20-,22+,23-,24+,26-,28-,29-/m1/s1. The summed E-state index contributed by atoms with van der Waals surface area (Å²) < 4.78 is 16.9. The maximum absolute atomic E-state index is 11.2. The summed E-state index contributed by atoms with van der Waals surface area (Å²) in [6.07, 6.45) is 5.57. The van der Waals surface area contributed by atoms with Crippen molar-refractivity contribution in [1.82, 2.24) is 0 Å². The van der Waals surface area contributed by atoms with Crippen LogP contribution in [0, 0.1) is 29.1 Å². The van der Waals surface area contributed by atoms with Gasteiger partial charge >= 0.3 is 0 Å². The molecule has 2 aliphatic carbocycles. The van der Waals surface area contributed by atoms with Gasteiger partial charge in [-0.15, -0.1) is 0 Å². The SMILES string of the molecule is COc1cc(C)c(OC)c(C/C=C(\C)C[C@@H](O)C[C@]2(C)C[C@H]3[C@H](O)[C@@H]4O[C@@H]4C[C@]2(C)C3(C)C)c1. The molecule has 1 aliphatic heterocycles. The number of hydrogen-bond acceptors (Lipinski definition) is 5. The lowest BCUT2D eigenvalue weighted by Crippen LogP contribution is -2.45. The molecule has 7 atom stereocenters. The van der Waals surface area contributed by atoms with Gasteiger partial charge in [-0.25, -0.2) is 0 Å². The fourth-order valence-corrected chi connectivity index (χ4v) is 7.48. The molecule has 0 radical (unpaired) electrons. The molecule has 1 aromatic rings. The van der Waals surface area contributed by atoms with Gasteiger partial charge in [-0.05, 0) is 85.8 Å². The lowest BCUT2D eigenvalue weighted by Gasteiger charge is -2.50. The van der Waals surface area contributed by atoms with Crippen molar-refractivity contribution in [1.29, 1.82) is 0 Å². The number of hydrogen-bond donors (Lipinski definition) is 2. The summed E-state index contributed by atoms with van der Waals surface area (Å²) in [4.78, 5) is 0. The molecule has 2 N–H and O–H groups in total. The molecule has 3 fully saturated rings. The van der Waals surface area contributed by atoms with Crippen molar-refractivity contribution in [3.63, 3.8) is 0 Å². The van der Waals surface area contributed by atoms with Gasteiger partial charge in [-0.1, -0.05) is 39.3 Å². The van der Waals surface area contributed by atoms with Crippen molar-refractivity contribution < 1.29 is 24.4 Å². The van der Waals surface area contributed by atoms with Crippen molar-refractivity contribution in [2.45, 2.75) is 98.1 Å². The third-order valence-corrected chi connectivity index (χ3v) is 10.0. The number of aliphatic hydroxyl groups is 2. The van der Waals surface area contributed by atoms with Crippen LogP contribution in [-0.4, -0.2) is 48.8 Å². The number of methoxy groups -OCH3 is 2. The highest BCUT2D eigenvalue weighted by atomic mass is 16.6. The molecule has 0 aromatic heterocycles. The van der Waals surface area contributed by atoms with Crippen LogP contribution in [0.5, 0.6) is 11.5 Å². The van der Waals surface area contributed by atoms with Gasteiger partial charge in [-0.3, -0.25) is 0 Å². The largest absolute Gasteiger partial charge is 0.497 e. The van der Waals surface area contributed by atoms with Gasteiger partial charge in [0.25, 0.3) is 0 Å². The van der Waals surface area contributed by atoms with E-state index < -0.39 is 12.2 Å². The Morgan fingerprint density at radius 1 is 1.18 bits per heavy atom. The smallest absolute Gasteiger partial charge is 0.125 e. The van der Waals surface area contributed by atoms with Crippen LogP contribution in [0.25, 0.3) is 0 Å². The number of fused-ring (bicyclic) bond motifs is 3. The molecular formula is C29H44O5. The number of allylic oxidation sites excluding steroid dienone is 1. The van der Waals surface area contributed by atoms with E-state index in [0.717, 1.165) is 48.3 Å². The number of rotatable bonds is 8. The van der Waals surface area contributed by atoms with Crippen molar-refractivity contribution in [2.75, 3.05) is 14.2 Å². The fraction of sp³-hybridized carbons (Fsp3) is 0.724. The van der Waals surface area contributed by atoms with E-state index in [1.807, 2.05) is 19.1 Å². The van der Waals surface area contributed by atoms with Crippen molar-refractivity contribution in [3.8, 4) is 11.5 Å². The van der Waals surface area contributed by atoms with Crippen LogP contribution in [0.15, 0.2) is 23.8 Å². The Labute approximate surface area is 205 Å². The highest BCUT2D eigenvalue weighted by Crippen LogP contribution is 2.72. The third kappa shape index (κ3) is 4.08. The quantitative estimate of drug-likeness (QED) is 0.400. The van der Waals surface area contributed by atoms with Gasteiger partial charge in [0.15, 0.2) is 0 Å². The molecule has 5 heteroatoms. The molecule has 2 saturated carbocycles. The monoisotopic (exact) mass is 472 g/mol. The first-order chi connectivity index (χ1) is 15.9. The Balaban J connectivity index is 1.46. The summed E-state index contributed by atoms with van der Waals surface area (Å²) in [6, 6.07) is 4.01. The normalized spacial score (nSPS) is 37.1. The van der Waals surface area contributed by atoms with Crippen molar-refractivity contribution >= 4 is 0 Å². The average Bonchev–Trinajstić information content (AvgIpc) is 3.50. The van der Waals surface area contributed by atoms with Gasteiger partial charge in [0, 0.05) is 5.56 Å². The molecule has 1 aromatic carbocycles. The van der Waals surface area contributed by atoms with Crippen LogP contribution in [-0.2, 0) is 11.2 Å². The fourth-order valence-electron chi connectivity index (χ4n) is 7.48. The molecule has 0 amide bonds. The maximum Gasteiger partial charge on any atom is 0.125 e. The maximum atomic E-state index is 11.2. The van der Waals surface area contributed by atoms with Crippen LogP contribution in [0.4, 0.5) is 0 Å². The summed E-state index contributed by atoms with van der Waals surface area (Å²) in [6.45, 7) is 13.5. The van der Waals surface area contributed by atoms with Gasteiger partial charge in [0.1, 0.15) is 17.6 Å². The third-order valence-electron chi connectivity index (χ3n) is 10.0. The number of aryl methyl sites for hydroxylation is 1.